The number of nitrogens with two attached hydrogens (primary N) is 1. The molecular formula is C11H19ClF3N3O2. The summed E-state index contributed by atoms with van der Waals surface area (Å²) in [5.74, 6) is -1.43. The summed E-state index contributed by atoms with van der Waals surface area (Å²) in [5, 5.41) is 4.02. The van der Waals surface area contributed by atoms with Crippen LogP contribution in [0.25, 0.3) is 0 Å². The van der Waals surface area contributed by atoms with Crippen molar-refractivity contribution >= 4 is 24.2 Å². The van der Waals surface area contributed by atoms with Gasteiger partial charge in [0.15, 0.2) is 0 Å². The lowest BCUT2D eigenvalue weighted by Gasteiger charge is -2.25. The molecule has 1 fully saturated rings. The molecule has 2 unspecified atom stereocenters. The van der Waals surface area contributed by atoms with Gasteiger partial charge in [-0.25, -0.2) is 0 Å². The zero-order valence-electron chi connectivity index (χ0n) is 10.8. The van der Waals surface area contributed by atoms with Gasteiger partial charge in [0, 0.05) is 12.0 Å². The van der Waals surface area contributed by atoms with Gasteiger partial charge in [-0.1, -0.05) is 6.42 Å². The first-order chi connectivity index (χ1) is 8.78. The Labute approximate surface area is 121 Å². The second-order valence-electron chi connectivity index (χ2n) is 4.73. The van der Waals surface area contributed by atoms with Gasteiger partial charge in [0.2, 0.25) is 11.8 Å². The van der Waals surface area contributed by atoms with E-state index in [-0.39, 0.29) is 30.3 Å². The van der Waals surface area contributed by atoms with Gasteiger partial charge in [-0.05, 0) is 19.3 Å². The van der Waals surface area contributed by atoms with Crippen molar-refractivity contribution < 1.29 is 22.8 Å². The highest BCUT2D eigenvalue weighted by atomic mass is 35.5. The van der Waals surface area contributed by atoms with E-state index in [1.54, 1.807) is 5.32 Å². The Morgan fingerprint density at radius 1 is 1.20 bits per heavy atom. The number of hydrogen-bond acceptors (Lipinski definition) is 3. The van der Waals surface area contributed by atoms with Crippen LogP contribution in [-0.2, 0) is 9.59 Å². The molecule has 0 spiro atoms. The van der Waals surface area contributed by atoms with Gasteiger partial charge < -0.3 is 16.4 Å². The lowest BCUT2D eigenvalue weighted by Crippen LogP contribution is -2.44. The maximum Gasteiger partial charge on any atom is 0.405 e. The minimum atomic E-state index is -4.45. The molecule has 0 heterocycles. The molecule has 0 aromatic rings. The first kappa shape index (κ1) is 19.0. The second-order valence-corrected chi connectivity index (χ2v) is 4.73. The average Bonchev–Trinajstić information content (AvgIpc) is 2.32. The van der Waals surface area contributed by atoms with Crippen LogP contribution in [0.1, 0.15) is 25.7 Å². The standard InChI is InChI=1S/C11H18F3N3O2.ClH/c12-11(13,14)6-17-9(18)5-16-10(19)7-2-1-3-8(15)4-7;/h7-8H,1-6,15H2,(H,16,19)(H,17,18);1H. The third kappa shape index (κ3) is 7.54. The van der Waals surface area contributed by atoms with Crippen molar-refractivity contribution in [1.82, 2.24) is 10.6 Å². The van der Waals surface area contributed by atoms with Gasteiger partial charge in [0.05, 0.1) is 6.54 Å². The Balaban J connectivity index is 0.00000361. The highest BCUT2D eigenvalue weighted by Gasteiger charge is 2.28. The minimum Gasteiger partial charge on any atom is -0.347 e. The molecule has 1 aliphatic rings. The first-order valence-electron chi connectivity index (χ1n) is 6.14. The maximum absolute atomic E-state index is 11.8. The number of alkyl halides is 3. The Bertz CT molecular complexity index is 339. The van der Waals surface area contributed by atoms with E-state index >= 15 is 0 Å². The summed E-state index contributed by atoms with van der Waals surface area (Å²) < 4.78 is 35.5. The largest absolute Gasteiger partial charge is 0.405 e. The molecule has 0 aliphatic heterocycles. The molecule has 0 radical (unpaired) electrons. The van der Waals surface area contributed by atoms with Gasteiger partial charge in [-0.2, -0.15) is 13.2 Å². The summed E-state index contributed by atoms with van der Waals surface area (Å²) in [4.78, 5) is 22.8. The maximum atomic E-state index is 11.8. The smallest absolute Gasteiger partial charge is 0.347 e. The SMILES string of the molecule is Cl.NC1CCCC(C(=O)NCC(=O)NCC(F)(F)F)C1. The summed E-state index contributed by atoms with van der Waals surface area (Å²) in [5.41, 5.74) is 5.73. The molecule has 5 nitrogen and oxygen atoms in total. The summed E-state index contributed by atoms with van der Waals surface area (Å²) in [6.45, 7) is -1.84. The molecule has 0 saturated heterocycles. The molecule has 20 heavy (non-hydrogen) atoms. The van der Waals surface area contributed by atoms with Crippen molar-refractivity contribution in [2.45, 2.75) is 37.9 Å². The highest BCUT2D eigenvalue weighted by molar-refractivity contribution is 5.86. The van der Waals surface area contributed by atoms with E-state index in [0.29, 0.717) is 12.8 Å². The van der Waals surface area contributed by atoms with Crippen LogP contribution in [0.15, 0.2) is 0 Å². The van der Waals surface area contributed by atoms with Gasteiger partial charge >= 0.3 is 6.18 Å². The third-order valence-corrected chi connectivity index (χ3v) is 2.99. The second kappa shape index (κ2) is 8.31. The van der Waals surface area contributed by atoms with Crippen LogP contribution < -0.4 is 16.4 Å². The van der Waals surface area contributed by atoms with Crippen molar-refractivity contribution in [3.63, 3.8) is 0 Å². The Morgan fingerprint density at radius 2 is 1.85 bits per heavy atom. The summed E-state index contributed by atoms with van der Waals surface area (Å²) >= 11 is 0. The summed E-state index contributed by atoms with van der Waals surface area (Å²) in [7, 11) is 0. The first-order valence-corrected chi connectivity index (χ1v) is 6.14. The van der Waals surface area contributed by atoms with E-state index in [2.05, 4.69) is 5.32 Å². The van der Waals surface area contributed by atoms with E-state index in [1.165, 1.54) is 0 Å². The van der Waals surface area contributed by atoms with Crippen molar-refractivity contribution in [2.75, 3.05) is 13.1 Å². The van der Waals surface area contributed by atoms with Crippen LogP contribution >= 0.6 is 12.4 Å². The van der Waals surface area contributed by atoms with Crippen LogP contribution in [0.5, 0.6) is 0 Å². The van der Waals surface area contributed by atoms with Gasteiger partial charge in [0.25, 0.3) is 0 Å². The van der Waals surface area contributed by atoms with E-state index in [1.807, 2.05) is 0 Å². The van der Waals surface area contributed by atoms with Crippen LogP contribution in [0.2, 0.25) is 0 Å². The molecule has 0 aromatic carbocycles. The number of amides is 2. The molecule has 0 bridgehead atoms. The zero-order chi connectivity index (χ0) is 14.5. The number of nitrogens with one attached hydrogen (secondary N) is 2. The fourth-order valence-electron chi connectivity index (χ4n) is 2.04. The molecule has 0 aromatic heterocycles. The van der Waals surface area contributed by atoms with Gasteiger partial charge in [-0.15, -0.1) is 12.4 Å². The van der Waals surface area contributed by atoms with Crippen LogP contribution in [0.4, 0.5) is 13.2 Å². The topological polar surface area (TPSA) is 84.2 Å². The minimum absolute atomic E-state index is 0. The monoisotopic (exact) mass is 317 g/mol. The Hall–Kier alpha value is -1.02. The van der Waals surface area contributed by atoms with Gasteiger partial charge in [0.1, 0.15) is 6.54 Å². The van der Waals surface area contributed by atoms with E-state index in [4.69, 9.17) is 5.73 Å². The van der Waals surface area contributed by atoms with Crippen molar-refractivity contribution in [1.29, 1.82) is 0 Å². The molecular weight excluding hydrogens is 299 g/mol. The van der Waals surface area contributed by atoms with Crippen molar-refractivity contribution in [3.05, 3.63) is 0 Å². The number of carbonyl (C=O) groups is 2. The van der Waals surface area contributed by atoms with Crippen LogP contribution in [-0.4, -0.2) is 37.1 Å². The molecule has 4 N–H and O–H groups in total. The fraction of sp³-hybridized carbons (Fsp3) is 0.818. The predicted octanol–water partition coefficient (Wildman–Crippen LogP) is 0.720. The molecule has 1 aliphatic carbocycles. The summed E-state index contributed by atoms with van der Waals surface area (Å²) in [6.07, 6.45) is -1.48. The normalized spacial score (nSPS) is 22.6. The van der Waals surface area contributed by atoms with Gasteiger partial charge in [-0.3, -0.25) is 9.59 Å². The zero-order valence-corrected chi connectivity index (χ0v) is 11.6. The summed E-state index contributed by atoms with van der Waals surface area (Å²) in [6, 6.07) is -0.0245. The van der Waals surface area contributed by atoms with Crippen LogP contribution in [0, 0.1) is 5.92 Å². The van der Waals surface area contributed by atoms with Crippen molar-refractivity contribution in [3.8, 4) is 0 Å². The van der Waals surface area contributed by atoms with Crippen molar-refractivity contribution in [2.24, 2.45) is 11.7 Å². The molecule has 2 atom stereocenters. The Kier molecular flexibility index (Phi) is 7.88. The molecule has 118 valence electrons. The lowest BCUT2D eigenvalue weighted by atomic mass is 9.85. The van der Waals surface area contributed by atoms with E-state index < -0.39 is 25.2 Å². The third-order valence-electron chi connectivity index (χ3n) is 2.99. The quantitative estimate of drug-likeness (QED) is 0.714. The lowest BCUT2D eigenvalue weighted by molar-refractivity contribution is -0.138. The average molecular weight is 318 g/mol. The molecule has 1 rings (SSSR count). The highest BCUT2D eigenvalue weighted by Crippen LogP contribution is 2.22. The fourth-order valence-corrected chi connectivity index (χ4v) is 2.04. The van der Waals surface area contributed by atoms with E-state index in [0.717, 1.165) is 12.8 Å². The number of rotatable bonds is 4. The molecule has 2 amide bonds. The molecule has 1 saturated carbocycles. The number of carbonyl (C=O) groups excluding carboxylic acids is 2. The van der Waals surface area contributed by atoms with E-state index in [9.17, 15) is 22.8 Å². The number of halogens is 4. The molecule has 9 heteroatoms. The Morgan fingerprint density at radius 3 is 2.40 bits per heavy atom. The predicted molar refractivity (Wildman–Crippen MR) is 69.3 cm³/mol. The number of hydrogen-bond donors (Lipinski definition) is 3. The van der Waals surface area contributed by atoms with Crippen LogP contribution in [0.3, 0.4) is 0 Å².